The lowest BCUT2D eigenvalue weighted by atomic mass is 9.78. The number of pyridine rings is 1. The van der Waals surface area contributed by atoms with Gasteiger partial charge in [0.05, 0.1) is 23.2 Å². The van der Waals surface area contributed by atoms with Crippen LogP contribution >= 0.6 is 0 Å². The number of aromatic nitrogens is 3. The van der Waals surface area contributed by atoms with Crippen LogP contribution in [0.2, 0.25) is 0 Å². The zero-order chi connectivity index (χ0) is 22.7. The topological polar surface area (TPSA) is 58.4 Å². The molecule has 0 N–H and O–H groups in total. The van der Waals surface area contributed by atoms with E-state index in [1.807, 2.05) is 53.1 Å². The van der Waals surface area contributed by atoms with Gasteiger partial charge in [0.2, 0.25) is 0 Å². The molecule has 1 atom stereocenters. The van der Waals surface area contributed by atoms with Crippen molar-refractivity contribution in [3.8, 4) is 11.3 Å². The molecule has 2 saturated heterocycles. The van der Waals surface area contributed by atoms with Gasteiger partial charge in [0.25, 0.3) is 0 Å². The average Bonchev–Trinajstić information content (AvgIpc) is 3.24. The lowest BCUT2D eigenvalue weighted by molar-refractivity contribution is -0.0330. The van der Waals surface area contributed by atoms with E-state index in [0.29, 0.717) is 16.4 Å². The number of nitrogens with zero attached hydrogens (tertiary/aromatic N) is 3. The van der Waals surface area contributed by atoms with Crippen LogP contribution in [0.15, 0.2) is 30.7 Å². The van der Waals surface area contributed by atoms with Crippen LogP contribution in [0.25, 0.3) is 22.2 Å². The van der Waals surface area contributed by atoms with Crippen LogP contribution in [0.4, 0.5) is 4.39 Å². The lowest BCUT2D eigenvalue weighted by Gasteiger charge is -2.32. The standard InChI is InChI=1S/C24H29BFN3O3/c1-15-21(28-14-29(15)20-8-6-7-9-30-20)17-10-16-11-18(12-19(26)22(16)27-13-17)25-31-23(2,3)24(4,5)32-25/h10-14,20H,6-9H2,1-5H3. The summed E-state index contributed by atoms with van der Waals surface area (Å²) in [5.74, 6) is -0.392. The number of hydrogen-bond donors (Lipinski definition) is 0. The Labute approximate surface area is 188 Å². The molecule has 0 bridgehead atoms. The van der Waals surface area contributed by atoms with E-state index in [9.17, 15) is 4.39 Å². The number of fused-ring (bicyclic) bond motifs is 1. The zero-order valence-corrected chi connectivity index (χ0v) is 19.3. The fourth-order valence-electron chi connectivity index (χ4n) is 4.41. The van der Waals surface area contributed by atoms with Crippen molar-refractivity contribution in [2.45, 2.75) is 71.3 Å². The largest absolute Gasteiger partial charge is 0.494 e. The van der Waals surface area contributed by atoms with Crippen LogP contribution in [-0.2, 0) is 14.0 Å². The SMILES string of the molecule is Cc1c(-c2cnc3c(F)cc(B4OC(C)(C)C(C)(C)O4)cc3c2)ncn1C1CCCCO1. The van der Waals surface area contributed by atoms with Crippen molar-refractivity contribution in [1.82, 2.24) is 14.5 Å². The molecule has 2 aliphatic rings. The van der Waals surface area contributed by atoms with Gasteiger partial charge in [-0.15, -0.1) is 0 Å². The Bertz CT molecular complexity index is 1150. The normalized spacial score (nSPS) is 22.6. The minimum Gasteiger partial charge on any atom is -0.399 e. The van der Waals surface area contributed by atoms with Gasteiger partial charge in [0.15, 0.2) is 0 Å². The van der Waals surface area contributed by atoms with E-state index in [1.165, 1.54) is 6.07 Å². The smallest absolute Gasteiger partial charge is 0.399 e. The van der Waals surface area contributed by atoms with Gasteiger partial charge in [0.1, 0.15) is 17.6 Å². The molecule has 2 aromatic heterocycles. The Morgan fingerprint density at radius 3 is 2.50 bits per heavy atom. The summed E-state index contributed by atoms with van der Waals surface area (Å²) in [5, 5.41) is 0.690. The first kappa shape index (κ1) is 21.6. The highest BCUT2D eigenvalue weighted by Crippen LogP contribution is 2.37. The number of benzene rings is 1. The molecular formula is C24H29BFN3O3. The molecule has 3 aromatic rings. The van der Waals surface area contributed by atoms with Crippen molar-refractivity contribution in [1.29, 1.82) is 0 Å². The molecule has 5 rings (SSSR count). The third-order valence-corrected chi connectivity index (χ3v) is 7.06. The zero-order valence-electron chi connectivity index (χ0n) is 19.3. The second-order valence-corrected chi connectivity index (χ2v) is 9.79. The Morgan fingerprint density at radius 1 is 1.06 bits per heavy atom. The van der Waals surface area contributed by atoms with Gasteiger partial charge in [-0.05, 0) is 71.5 Å². The average molecular weight is 437 g/mol. The molecule has 2 fully saturated rings. The lowest BCUT2D eigenvalue weighted by Crippen LogP contribution is -2.41. The molecular weight excluding hydrogens is 408 g/mol. The van der Waals surface area contributed by atoms with Crippen molar-refractivity contribution in [3.05, 3.63) is 42.2 Å². The maximum Gasteiger partial charge on any atom is 0.494 e. The Balaban J connectivity index is 1.51. The van der Waals surface area contributed by atoms with E-state index < -0.39 is 24.1 Å². The summed E-state index contributed by atoms with van der Waals surface area (Å²) in [6, 6.07) is 5.28. The quantitative estimate of drug-likeness (QED) is 0.563. The third kappa shape index (κ3) is 3.54. The molecule has 0 spiro atoms. The number of rotatable bonds is 3. The molecule has 168 valence electrons. The summed E-state index contributed by atoms with van der Waals surface area (Å²) in [6.07, 6.45) is 6.76. The summed E-state index contributed by atoms with van der Waals surface area (Å²) in [4.78, 5) is 9.04. The molecule has 0 amide bonds. The molecule has 2 aliphatic heterocycles. The van der Waals surface area contributed by atoms with Crippen LogP contribution in [0.1, 0.15) is 58.9 Å². The molecule has 0 radical (unpaired) electrons. The van der Waals surface area contributed by atoms with Crippen LogP contribution in [0.5, 0.6) is 0 Å². The van der Waals surface area contributed by atoms with Gasteiger partial charge in [0, 0.05) is 29.4 Å². The van der Waals surface area contributed by atoms with Gasteiger partial charge in [-0.25, -0.2) is 9.37 Å². The predicted molar refractivity (Wildman–Crippen MR) is 122 cm³/mol. The first-order valence-electron chi connectivity index (χ1n) is 11.3. The summed E-state index contributed by atoms with van der Waals surface area (Å²) in [6.45, 7) is 10.7. The van der Waals surface area contributed by atoms with Gasteiger partial charge in [-0.1, -0.05) is 6.07 Å². The molecule has 0 saturated carbocycles. The number of hydrogen-bond acceptors (Lipinski definition) is 5. The Kier molecular flexibility index (Phi) is 5.15. The first-order chi connectivity index (χ1) is 15.2. The number of ether oxygens (including phenoxy) is 1. The minimum absolute atomic E-state index is 0.0193. The molecule has 32 heavy (non-hydrogen) atoms. The fraction of sp³-hybridized carbons (Fsp3) is 0.500. The van der Waals surface area contributed by atoms with Crippen molar-refractivity contribution in [2.75, 3.05) is 6.61 Å². The summed E-state index contributed by atoms with van der Waals surface area (Å²) < 4.78 is 35.2. The molecule has 1 unspecified atom stereocenters. The summed E-state index contributed by atoms with van der Waals surface area (Å²) in [7, 11) is -0.632. The van der Waals surface area contributed by atoms with Gasteiger partial charge >= 0.3 is 7.12 Å². The van der Waals surface area contributed by atoms with Crippen LogP contribution in [0.3, 0.4) is 0 Å². The van der Waals surface area contributed by atoms with E-state index in [0.717, 1.165) is 42.8 Å². The van der Waals surface area contributed by atoms with Crippen molar-refractivity contribution in [3.63, 3.8) is 0 Å². The molecule has 8 heteroatoms. The monoisotopic (exact) mass is 437 g/mol. The first-order valence-corrected chi connectivity index (χ1v) is 11.3. The summed E-state index contributed by atoms with van der Waals surface area (Å²) in [5.41, 5.74) is 2.67. The predicted octanol–water partition coefficient (Wildman–Crippen LogP) is 4.54. The van der Waals surface area contributed by atoms with E-state index in [-0.39, 0.29) is 6.23 Å². The molecule has 4 heterocycles. The van der Waals surface area contributed by atoms with Crippen LogP contribution in [-0.4, -0.2) is 39.5 Å². The minimum atomic E-state index is -0.632. The van der Waals surface area contributed by atoms with Gasteiger partial charge in [-0.2, -0.15) is 0 Å². The molecule has 1 aromatic carbocycles. The highest BCUT2D eigenvalue weighted by molar-refractivity contribution is 6.62. The van der Waals surface area contributed by atoms with Crippen molar-refractivity contribution in [2.24, 2.45) is 0 Å². The molecule has 6 nitrogen and oxygen atoms in total. The fourth-order valence-corrected chi connectivity index (χ4v) is 4.41. The van der Waals surface area contributed by atoms with Crippen LogP contribution in [0, 0.1) is 12.7 Å². The third-order valence-electron chi connectivity index (χ3n) is 7.06. The van der Waals surface area contributed by atoms with Crippen LogP contribution < -0.4 is 5.46 Å². The maximum absolute atomic E-state index is 14.9. The maximum atomic E-state index is 14.9. The van der Waals surface area contributed by atoms with Gasteiger partial charge < -0.3 is 18.6 Å². The van der Waals surface area contributed by atoms with E-state index >= 15 is 0 Å². The number of halogens is 1. The van der Waals surface area contributed by atoms with E-state index in [1.54, 1.807) is 6.20 Å². The van der Waals surface area contributed by atoms with Gasteiger partial charge in [-0.3, -0.25) is 4.98 Å². The second-order valence-electron chi connectivity index (χ2n) is 9.79. The number of imidazole rings is 1. The molecule has 0 aliphatic carbocycles. The highest BCUT2D eigenvalue weighted by Gasteiger charge is 2.51. The van der Waals surface area contributed by atoms with Crippen molar-refractivity contribution >= 4 is 23.5 Å². The van der Waals surface area contributed by atoms with E-state index in [2.05, 4.69) is 14.5 Å². The van der Waals surface area contributed by atoms with E-state index in [4.69, 9.17) is 14.0 Å². The van der Waals surface area contributed by atoms with Crippen molar-refractivity contribution < 1.29 is 18.4 Å². The highest BCUT2D eigenvalue weighted by atomic mass is 19.1. The Hall–Kier alpha value is -2.29. The summed E-state index contributed by atoms with van der Waals surface area (Å²) >= 11 is 0. The Morgan fingerprint density at radius 2 is 1.81 bits per heavy atom. The second kappa shape index (κ2) is 7.64.